The molecule has 2 aromatic carbocycles. The molecule has 4 atom stereocenters. The third-order valence-corrected chi connectivity index (χ3v) is 5.12. The Morgan fingerprint density at radius 2 is 1.59 bits per heavy atom. The molecule has 27 heavy (non-hydrogen) atoms. The van der Waals surface area contributed by atoms with Gasteiger partial charge in [-0.15, -0.1) is 4.36 Å². The van der Waals surface area contributed by atoms with Gasteiger partial charge in [0, 0.05) is 17.7 Å². The van der Waals surface area contributed by atoms with E-state index in [0.717, 1.165) is 16.6 Å². The normalized spacial score (nSPS) is 26.3. The van der Waals surface area contributed by atoms with Gasteiger partial charge in [0.05, 0.1) is 0 Å². The van der Waals surface area contributed by atoms with Gasteiger partial charge in [0.2, 0.25) is 0 Å². The molecule has 1 saturated heterocycles. The van der Waals surface area contributed by atoms with Crippen LogP contribution in [0.5, 0.6) is 0 Å². The summed E-state index contributed by atoms with van der Waals surface area (Å²) >= 11 is 0. The van der Waals surface area contributed by atoms with E-state index in [2.05, 4.69) is 70.9 Å². The summed E-state index contributed by atoms with van der Waals surface area (Å²) in [6.07, 6.45) is 1.69. The number of hydrogen-bond acceptors (Lipinski definition) is 4. The Morgan fingerprint density at radius 1 is 0.852 bits per heavy atom. The van der Waals surface area contributed by atoms with Crippen LogP contribution in [0.25, 0.3) is 0 Å². The van der Waals surface area contributed by atoms with Gasteiger partial charge in [0.25, 0.3) is 6.17 Å². The predicted octanol–water partition coefficient (Wildman–Crippen LogP) is 3.09. The fraction of sp³-hybridized carbons (Fsp3) is 0.227. The van der Waals surface area contributed by atoms with Gasteiger partial charge in [0.1, 0.15) is 18.5 Å². The van der Waals surface area contributed by atoms with E-state index < -0.39 is 0 Å². The van der Waals surface area contributed by atoms with Gasteiger partial charge in [-0.3, -0.25) is 5.32 Å². The van der Waals surface area contributed by atoms with E-state index in [1.165, 1.54) is 5.56 Å². The number of nitrogens with zero attached hydrogens (tertiary/aromatic N) is 3. The van der Waals surface area contributed by atoms with Crippen LogP contribution < -0.4 is 15.2 Å². The molecule has 0 radical (unpaired) electrons. The molecule has 1 aromatic heterocycles. The first-order valence-corrected chi connectivity index (χ1v) is 9.27. The summed E-state index contributed by atoms with van der Waals surface area (Å²) in [6, 6.07) is 24.9. The van der Waals surface area contributed by atoms with Crippen LogP contribution in [0.4, 0.5) is 0 Å². The Bertz CT molecular complexity index is 1030. The molecule has 2 aliphatic rings. The second kappa shape index (κ2) is 6.68. The minimum Gasteiger partial charge on any atom is -0.350 e. The maximum absolute atomic E-state index is 6.30. The molecular formula is C22H21N4O+. The van der Waals surface area contributed by atoms with Gasteiger partial charge < -0.3 is 4.74 Å². The van der Waals surface area contributed by atoms with Crippen molar-refractivity contribution in [2.24, 2.45) is 10.1 Å². The zero-order chi connectivity index (χ0) is 18.2. The lowest BCUT2D eigenvalue weighted by atomic mass is 10.0. The summed E-state index contributed by atoms with van der Waals surface area (Å²) in [7, 11) is 0. The summed E-state index contributed by atoms with van der Waals surface area (Å²) in [4.78, 5) is 4.66. The second-order valence-corrected chi connectivity index (χ2v) is 6.99. The average Bonchev–Trinajstić information content (AvgIpc) is 3.32. The lowest BCUT2D eigenvalue weighted by molar-refractivity contribution is -0.560. The highest BCUT2D eigenvalue weighted by molar-refractivity contribution is 5.28. The molecule has 1 unspecified atom stereocenters. The van der Waals surface area contributed by atoms with E-state index in [1.54, 1.807) is 0 Å². The van der Waals surface area contributed by atoms with Gasteiger partial charge in [-0.1, -0.05) is 65.8 Å². The van der Waals surface area contributed by atoms with Crippen LogP contribution in [-0.2, 0) is 4.74 Å². The smallest absolute Gasteiger partial charge is 0.345 e. The first-order chi connectivity index (χ1) is 13.3. The SMILES string of the molecule is C[C@@H]1N[C@@H](c2ccc(C3N=c4cccc[n+]4=N3)cc2)O[C@@H]1c1ccccc1. The van der Waals surface area contributed by atoms with Crippen molar-refractivity contribution in [1.82, 2.24) is 5.32 Å². The van der Waals surface area contributed by atoms with Gasteiger partial charge >= 0.3 is 5.49 Å². The second-order valence-electron chi connectivity index (χ2n) is 6.99. The lowest BCUT2D eigenvalue weighted by Crippen LogP contribution is -2.32. The highest BCUT2D eigenvalue weighted by atomic mass is 16.5. The van der Waals surface area contributed by atoms with E-state index >= 15 is 0 Å². The van der Waals surface area contributed by atoms with Crippen molar-refractivity contribution in [3.63, 3.8) is 0 Å². The van der Waals surface area contributed by atoms with Crippen molar-refractivity contribution >= 4 is 0 Å². The largest absolute Gasteiger partial charge is 0.350 e. The first-order valence-electron chi connectivity index (χ1n) is 9.27. The molecule has 5 nitrogen and oxygen atoms in total. The predicted molar refractivity (Wildman–Crippen MR) is 100 cm³/mol. The highest BCUT2D eigenvalue weighted by Crippen LogP contribution is 2.35. The summed E-state index contributed by atoms with van der Waals surface area (Å²) in [5.41, 5.74) is 4.28. The Morgan fingerprint density at radius 3 is 2.37 bits per heavy atom. The Kier molecular flexibility index (Phi) is 4.03. The highest BCUT2D eigenvalue weighted by Gasteiger charge is 2.33. The Balaban J connectivity index is 1.35. The molecule has 0 spiro atoms. The minimum atomic E-state index is -0.185. The van der Waals surface area contributed by atoms with Crippen molar-refractivity contribution < 1.29 is 9.10 Å². The molecule has 0 amide bonds. The number of aromatic nitrogens is 1. The van der Waals surface area contributed by atoms with E-state index in [9.17, 15) is 0 Å². The van der Waals surface area contributed by atoms with Crippen LogP contribution in [0.15, 0.2) is 89.1 Å². The molecule has 5 heteroatoms. The number of pyridine rings is 1. The van der Waals surface area contributed by atoms with E-state index in [-0.39, 0.29) is 24.5 Å². The fourth-order valence-corrected chi connectivity index (χ4v) is 3.69. The van der Waals surface area contributed by atoms with Gasteiger partial charge in [-0.05, 0) is 29.1 Å². The molecule has 1 fully saturated rings. The summed E-state index contributed by atoms with van der Waals surface area (Å²) in [6.45, 7) is 2.16. The number of fused-ring (bicyclic) bond motifs is 1. The molecule has 2 aliphatic heterocycles. The number of nitrogens with one attached hydrogen (secondary N) is 1. The topological polar surface area (TPSA) is 51.9 Å². The zero-order valence-corrected chi connectivity index (χ0v) is 15.1. The van der Waals surface area contributed by atoms with Crippen molar-refractivity contribution in [2.45, 2.75) is 31.5 Å². The fourth-order valence-electron chi connectivity index (χ4n) is 3.69. The summed E-state index contributed by atoms with van der Waals surface area (Å²) in [5.74, 6) is 0. The summed E-state index contributed by atoms with van der Waals surface area (Å²) < 4.78 is 8.13. The summed E-state index contributed by atoms with van der Waals surface area (Å²) in [5, 5.41) is 8.16. The van der Waals surface area contributed by atoms with Gasteiger partial charge in [0.15, 0.2) is 0 Å². The maximum atomic E-state index is 6.30. The van der Waals surface area contributed by atoms with Gasteiger partial charge in [-0.25, -0.2) is 0 Å². The number of benzene rings is 2. The van der Waals surface area contributed by atoms with Crippen molar-refractivity contribution in [2.75, 3.05) is 0 Å². The third-order valence-electron chi connectivity index (χ3n) is 5.12. The van der Waals surface area contributed by atoms with Crippen LogP contribution in [0.3, 0.4) is 0 Å². The average molecular weight is 357 g/mol. The molecule has 3 aromatic rings. The first kappa shape index (κ1) is 16.3. The molecule has 0 bridgehead atoms. The monoisotopic (exact) mass is 357 g/mol. The molecule has 134 valence electrons. The van der Waals surface area contributed by atoms with Crippen LogP contribution in [0, 0.1) is 0 Å². The van der Waals surface area contributed by atoms with Crippen molar-refractivity contribution in [3.05, 3.63) is 101 Å². The van der Waals surface area contributed by atoms with E-state index in [4.69, 9.17) is 4.74 Å². The Hall–Kier alpha value is -2.89. The standard InChI is InChI=1S/C22H21N4O/c1-15-20(16-7-3-2-4-8-16)27-22(23-15)18-12-10-17(11-13-18)21-24-19-9-5-6-14-26(19)25-21/h2-15,20-23H,1H3/q+1/t15-,20-,21?,22+/m0/s1. The lowest BCUT2D eigenvalue weighted by Gasteiger charge is -2.14. The molecular weight excluding hydrogens is 336 g/mol. The van der Waals surface area contributed by atoms with Gasteiger partial charge in [-0.2, -0.15) is 0 Å². The van der Waals surface area contributed by atoms with E-state index in [0.29, 0.717) is 0 Å². The molecule has 0 aliphatic carbocycles. The molecule has 3 heterocycles. The zero-order valence-electron chi connectivity index (χ0n) is 15.1. The van der Waals surface area contributed by atoms with Crippen LogP contribution in [0.2, 0.25) is 0 Å². The molecule has 1 N–H and O–H groups in total. The van der Waals surface area contributed by atoms with Crippen LogP contribution in [-0.4, -0.2) is 6.04 Å². The van der Waals surface area contributed by atoms with Crippen LogP contribution in [0.1, 0.15) is 42.1 Å². The maximum Gasteiger partial charge on any atom is 0.345 e. The van der Waals surface area contributed by atoms with Crippen molar-refractivity contribution in [1.29, 1.82) is 0 Å². The molecule has 0 saturated carbocycles. The quantitative estimate of drug-likeness (QED) is 0.733. The van der Waals surface area contributed by atoms with Crippen LogP contribution >= 0.6 is 0 Å². The number of hydrogen-bond donors (Lipinski definition) is 1. The van der Waals surface area contributed by atoms with E-state index in [1.807, 2.05) is 34.8 Å². The molecule has 5 rings (SSSR count). The minimum absolute atomic E-state index is 0.0570. The number of rotatable bonds is 3. The third kappa shape index (κ3) is 3.05. The Labute approximate surface area is 157 Å². The number of ether oxygens (including phenoxy) is 1. The van der Waals surface area contributed by atoms with Crippen molar-refractivity contribution in [3.8, 4) is 0 Å².